The van der Waals surface area contributed by atoms with Crippen LogP contribution >= 0.6 is 23.2 Å². The highest BCUT2D eigenvalue weighted by Crippen LogP contribution is 2.27. The van der Waals surface area contributed by atoms with Crippen molar-refractivity contribution in [1.82, 2.24) is 5.32 Å². The van der Waals surface area contributed by atoms with Crippen LogP contribution in [0.2, 0.25) is 10.0 Å². The number of halogens is 2. The molecule has 1 atom stereocenters. The van der Waals surface area contributed by atoms with E-state index in [1.807, 2.05) is 6.92 Å². The summed E-state index contributed by atoms with van der Waals surface area (Å²) in [6.45, 7) is 4.17. The Kier molecular flexibility index (Phi) is 9.09. The molecule has 0 aromatic heterocycles. The van der Waals surface area contributed by atoms with Gasteiger partial charge in [0.1, 0.15) is 11.5 Å². The van der Waals surface area contributed by atoms with Crippen LogP contribution in [0.3, 0.4) is 0 Å². The first-order valence-electron chi connectivity index (χ1n) is 9.18. The van der Waals surface area contributed by atoms with E-state index >= 15 is 0 Å². The average Bonchev–Trinajstić information content (AvgIpc) is 2.68. The second-order valence-corrected chi connectivity index (χ2v) is 6.84. The van der Waals surface area contributed by atoms with Gasteiger partial charge in [0.15, 0.2) is 6.61 Å². The van der Waals surface area contributed by atoms with E-state index < -0.39 is 17.9 Å². The van der Waals surface area contributed by atoms with Gasteiger partial charge in [-0.25, -0.2) is 0 Å². The molecule has 0 saturated carbocycles. The van der Waals surface area contributed by atoms with Gasteiger partial charge in [-0.05, 0) is 49.7 Å². The molecular weight excluding hydrogens is 417 g/mol. The SMILES string of the molecule is CCOC(=O)C[C@@H](NC(=O)COc1ccc(Cl)cc1Cl)c1ccc(OCC)cc1. The smallest absolute Gasteiger partial charge is 0.308 e. The van der Waals surface area contributed by atoms with Gasteiger partial charge in [-0.15, -0.1) is 0 Å². The van der Waals surface area contributed by atoms with Crippen LogP contribution in [0.1, 0.15) is 31.9 Å². The van der Waals surface area contributed by atoms with Gasteiger partial charge in [0.2, 0.25) is 0 Å². The minimum absolute atomic E-state index is 0.00470. The highest BCUT2D eigenvalue weighted by molar-refractivity contribution is 6.35. The van der Waals surface area contributed by atoms with E-state index in [1.165, 1.54) is 6.07 Å². The standard InChI is InChI=1S/C21H23Cl2NO5/c1-3-27-16-8-5-14(6-9-16)18(12-21(26)28-4-2)24-20(25)13-29-19-10-7-15(22)11-17(19)23/h5-11,18H,3-4,12-13H2,1-2H3,(H,24,25)/t18-/m1/s1. The summed E-state index contributed by atoms with van der Waals surface area (Å²) in [5, 5.41) is 3.58. The highest BCUT2D eigenvalue weighted by Gasteiger charge is 2.20. The molecular formula is C21H23Cl2NO5. The Morgan fingerprint density at radius 2 is 1.72 bits per heavy atom. The summed E-state index contributed by atoms with van der Waals surface area (Å²) < 4.78 is 15.9. The lowest BCUT2D eigenvalue weighted by molar-refractivity contribution is -0.143. The van der Waals surface area contributed by atoms with Crippen LogP contribution in [-0.2, 0) is 14.3 Å². The Morgan fingerprint density at radius 1 is 1.00 bits per heavy atom. The van der Waals surface area contributed by atoms with E-state index in [1.54, 1.807) is 43.3 Å². The number of amides is 1. The maximum atomic E-state index is 12.4. The van der Waals surface area contributed by atoms with Crippen LogP contribution in [0, 0.1) is 0 Å². The van der Waals surface area contributed by atoms with Gasteiger partial charge in [-0.3, -0.25) is 9.59 Å². The van der Waals surface area contributed by atoms with Crippen molar-refractivity contribution in [2.45, 2.75) is 26.3 Å². The molecule has 0 saturated heterocycles. The zero-order chi connectivity index (χ0) is 21.2. The number of ether oxygens (including phenoxy) is 3. The van der Waals surface area contributed by atoms with E-state index in [9.17, 15) is 9.59 Å². The summed E-state index contributed by atoms with van der Waals surface area (Å²) in [6.07, 6.45) is -0.00470. The van der Waals surface area contributed by atoms with E-state index in [-0.39, 0.29) is 19.6 Å². The molecule has 0 fully saturated rings. The second-order valence-electron chi connectivity index (χ2n) is 5.99. The molecule has 2 aromatic carbocycles. The Hall–Kier alpha value is -2.44. The quantitative estimate of drug-likeness (QED) is 0.548. The zero-order valence-electron chi connectivity index (χ0n) is 16.2. The number of carbonyl (C=O) groups is 2. The zero-order valence-corrected chi connectivity index (χ0v) is 17.8. The lowest BCUT2D eigenvalue weighted by Crippen LogP contribution is -2.34. The first-order chi connectivity index (χ1) is 13.9. The summed E-state index contributed by atoms with van der Waals surface area (Å²) in [5.41, 5.74) is 0.749. The largest absolute Gasteiger partial charge is 0.494 e. The van der Waals surface area contributed by atoms with Crippen LogP contribution in [-0.4, -0.2) is 31.7 Å². The van der Waals surface area contributed by atoms with Crippen LogP contribution < -0.4 is 14.8 Å². The number of rotatable bonds is 10. The van der Waals surface area contributed by atoms with E-state index in [4.69, 9.17) is 37.4 Å². The molecule has 0 spiro atoms. The number of nitrogens with one attached hydrogen (secondary N) is 1. The normalized spacial score (nSPS) is 11.4. The Bertz CT molecular complexity index is 826. The fourth-order valence-corrected chi connectivity index (χ4v) is 3.04. The van der Waals surface area contributed by atoms with Crippen LogP contribution in [0.5, 0.6) is 11.5 Å². The van der Waals surface area contributed by atoms with Crippen molar-refractivity contribution in [2.24, 2.45) is 0 Å². The van der Waals surface area contributed by atoms with Gasteiger partial charge in [-0.1, -0.05) is 35.3 Å². The van der Waals surface area contributed by atoms with Crippen molar-refractivity contribution in [3.8, 4) is 11.5 Å². The van der Waals surface area contributed by atoms with Gasteiger partial charge < -0.3 is 19.5 Å². The monoisotopic (exact) mass is 439 g/mol. The van der Waals surface area contributed by atoms with Gasteiger partial charge in [0, 0.05) is 5.02 Å². The third kappa shape index (κ3) is 7.48. The van der Waals surface area contributed by atoms with Crippen LogP contribution in [0.4, 0.5) is 0 Å². The fourth-order valence-electron chi connectivity index (χ4n) is 2.57. The summed E-state index contributed by atoms with van der Waals surface area (Å²) in [5.74, 6) is 0.236. The Labute approximate surface area is 180 Å². The molecule has 0 bridgehead atoms. The first kappa shape index (κ1) is 22.8. The molecule has 0 aliphatic rings. The third-order valence-electron chi connectivity index (χ3n) is 3.86. The Morgan fingerprint density at radius 3 is 2.34 bits per heavy atom. The minimum Gasteiger partial charge on any atom is -0.494 e. The maximum absolute atomic E-state index is 12.4. The Balaban J connectivity index is 2.05. The lowest BCUT2D eigenvalue weighted by atomic mass is 10.0. The highest BCUT2D eigenvalue weighted by atomic mass is 35.5. The number of carbonyl (C=O) groups excluding carboxylic acids is 2. The van der Waals surface area contributed by atoms with Gasteiger partial charge in [0.25, 0.3) is 5.91 Å². The molecule has 1 amide bonds. The van der Waals surface area contributed by atoms with Crippen molar-refractivity contribution in [3.63, 3.8) is 0 Å². The summed E-state index contributed by atoms with van der Waals surface area (Å²) in [6, 6.07) is 11.3. The average molecular weight is 440 g/mol. The van der Waals surface area contributed by atoms with Crippen LogP contribution in [0.25, 0.3) is 0 Å². The number of hydrogen-bond donors (Lipinski definition) is 1. The molecule has 0 aliphatic heterocycles. The molecule has 0 radical (unpaired) electrons. The molecule has 6 nitrogen and oxygen atoms in total. The molecule has 2 rings (SSSR count). The maximum Gasteiger partial charge on any atom is 0.308 e. The molecule has 29 heavy (non-hydrogen) atoms. The number of benzene rings is 2. The van der Waals surface area contributed by atoms with E-state index in [0.717, 1.165) is 5.56 Å². The summed E-state index contributed by atoms with van der Waals surface area (Å²) in [4.78, 5) is 24.4. The first-order valence-corrected chi connectivity index (χ1v) is 9.94. The van der Waals surface area contributed by atoms with Crippen LogP contribution in [0.15, 0.2) is 42.5 Å². The molecule has 0 unspecified atom stereocenters. The summed E-state index contributed by atoms with van der Waals surface area (Å²) in [7, 11) is 0. The molecule has 0 heterocycles. The fraction of sp³-hybridized carbons (Fsp3) is 0.333. The number of esters is 1. The van der Waals surface area contributed by atoms with E-state index in [2.05, 4.69) is 5.32 Å². The third-order valence-corrected chi connectivity index (χ3v) is 4.39. The van der Waals surface area contributed by atoms with Gasteiger partial charge >= 0.3 is 5.97 Å². The van der Waals surface area contributed by atoms with Gasteiger partial charge in [-0.2, -0.15) is 0 Å². The summed E-state index contributed by atoms with van der Waals surface area (Å²) >= 11 is 11.9. The second kappa shape index (κ2) is 11.5. The predicted molar refractivity (Wildman–Crippen MR) is 112 cm³/mol. The van der Waals surface area contributed by atoms with Crippen molar-refractivity contribution in [1.29, 1.82) is 0 Å². The van der Waals surface area contributed by atoms with Crippen molar-refractivity contribution < 1.29 is 23.8 Å². The van der Waals surface area contributed by atoms with Crippen molar-refractivity contribution >= 4 is 35.1 Å². The predicted octanol–water partition coefficient (Wildman–Crippen LogP) is 4.58. The number of hydrogen-bond acceptors (Lipinski definition) is 5. The van der Waals surface area contributed by atoms with E-state index in [0.29, 0.717) is 28.2 Å². The molecule has 156 valence electrons. The van der Waals surface area contributed by atoms with Crippen molar-refractivity contribution in [3.05, 3.63) is 58.1 Å². The molecule has 8 heteroatoms. The molecule has 2 aromatic rings. The molecule has 1 N–H and O–H groups in total. The minimum atomic E-state index is -0.568. The topological polar surface area (TPSA) is 73.9 Å². The molecule has 0 aliphatic carbocycles. The van der Waals surface area contributed by atoms with Crippen molar-refractivity contribution in [2.75, 3.05) is 19.8 Å². The van der Waals surface area contributed by atoms with Gasteiger partial charge in [0.05, 0.1) is 30.7 Å². The lowest BCUT2D eigenvalue weighted by Gasteiger charge is -2.19.